The van der Waals surface area contributed by atoms with Crippen LogP contribution < -0.4 is 14.7 Å². The lowest BCUT2D eigenvalue weighted by Crippen LogP contribution is -2.46. The van der Waals surface area contributed by atoms with Crippen LogP contribution in [0, 0.1) is 0 Å². The molecular formula is C6H11O12P2-3. The van der Waals surface area contributed by atoms with Gasteiger partial charge >= 0.3 is 0 Å². The molecule has 120 valence electrons. The average Bonchev–Trinajstić information content (AvgIpc) is 2.48. The Morgan fingerprint density at radius 1 is 1.20 bits per heavy atom. The van der Waals surface area contributed by atoms with Crippen LogP contribution in [0.15, 0.2) is 0 Å². The molecular weight excluding hydrogens is 326 g/mol. The number of hydrogen-bond donors (Lipinski definition) is 4. The Kier molecular flexibility index (Phi) is 5.48. The van der Waals surface area contributed by atoms with Gasteiger partial charge in [0, 0.05) is 0 Å². The third-order valence-electron chi connectivity index (χ3n) is 2.35. The van der Waals surface area contributed by atoms with Gasteiger partial charge < -0.3 is 53.2 Å². The van der Waals surface area contributed by atoms with Crippen molar-refractivity contribution in [3.05, 3.63) is 0 Å². The Bertz CT molecular complexity index is 428. The maximum Gasteiger partial charge on any atom is 0.265 e. The van der Waals surface area contributed by atoms with Crippen molar-refractivity contribution in [3.8, 4) is 0 Å². The van der Waals surface area contributed by atoms with E-state index in [1.807, 2.05) is 0 Å². The minimum absolute atomic E-state index is 1.01. The van der Waals surface area contributed by atoms with Gasteiger partial charge in [-0.25, -0.2) is 0 Å². The summed E-state index contributed by atoms with van der Waals surface area (Å²) in [5.41, 5.74) is 0. The van der Waals surface area contributed by atoms with E-state index >= 15 is 0 Å². The predicted molar refractivity (Wildman–Crippen MR) is 51.2 cm³/mol. The van der Waals surface area contributed by atoms with Crippen molar-refractivity contribution in [3.63, 3.8) is 0 Å². The molecule has 1 rings (SSSR count). The van der Waals surface area contributed by atoms with Gasteiger partial charge in [-0.3, -0.25) is 4.57 Å². The molecule has 0 saturated carbocycles. The first kappa shape index (κ1) is 18.1. The second-order valence-corrected chi connectivity index (χ2v) is 6.27. The van der Waals surface area contributed by atoms with Crippen molar-refractivity contribution in [1.29, 1.82) is 0 Å². The van der Waals surface area contributed by atoms with Crippen LogP contribution in [-0.2, 0) is 22.9 Å². The van der Waals surface area contributed by atoms with E-state index in [0.29, 0.717) is 0 Å². The van der Waals surface area contributed by atoms with Gasteiger partial charge in [-0.1, -0.05) is 0 Å². The summed E-state index contributed by atoms with van der Waals surface area (Å²) in [5.74, 6) is -2.74. The van der Waals surface area contributed by atoms with Gasteiger partial charge in [0.2, 0.25) is 5.79 Å². The summed E-state index contributed by atoms with van der Waals surface area (Å²) >= 11 is 0. The lowest BCUT2D eigenvalue weighted by Gasteiger charge is -2.30. The van der Waals surface area contributed by atoms with Crippen molar-refractivity contribution in [2.75, 3.05) is 13.2 Å². The van der Waals surface area contributed by atoms with Gasteiger partial charge in [-0.2, -0.15) is 0 Å². The first-order valence-electron chi connectivity index (χ1n) is 4.95. The van der Waals surface area contributed by atoms with Crippen molar-refractivity contribution in [2.45, 2.75) is 24.1 Å². The number of rotatable bonds is 6. The zero-order chi connectivity index (χ0) is 15.8. The standard InChI is InChI=1S/C6H14O12P2/c7-4-3(1-16-19(10,11)12)18-6(9,5(4)8)2-17-20(13,14)15/h3-5,7-9H,1-2H2,(H2,10,11,12)(H2,13,14,15)/p-3/t3-,4-,5+,6-/m1/s1. The summed E-state index contributed by atoms with van der Waals surface area (Å²) < 4.78 is 32.8. The van der Waals surface area contributed by atoms with Gasteiger partial charge in [0.1, 0.15) is 24.9 Å². The molecule has 5 atom stereocenters. The molecule has 4 N–H and O–H groups in total. The van der Waals surface area contributed by atoms with E-state index in [1.54, 1.807) is 0 Å². The molecule has 12 nitrogen and oxygen atoms in total. The Balaban J connectivity index is 2.67. The normalized spacial score (nSPS) is 37.9. The van der Waals surface area contributed by atoms with E-state index in [4.69, 9.17) is 4.89 Å². The van der Waals surface area contributed by atoms with Crippen LogP contribution in [0.4, 0.5) is 0 Å². The summed E-state index contributed by atoms with van der Waals surface area (Å²) in [6.07, 6.45) is -5.63. The average molecular weight is 337 g/mol. The molecule has 0 amide bonds. The van der Waals surface area contributed by atoms with Crippen molar-refractivity contribution >= 4 is 15.6 Å². The number of hydrogen-bond acceptors (Lipinski definition) is 11. The number of aliphatic hydroxyl groups is 3. The fraction of sp³-hybridized carbons (Fsp3) is 1.00. The number of aliphatic hydroxyl groups excluding tert-OH is 2. The maximum absolute atomic E-state index is 10.4. The Morgan fingerprint density at radius 2 is 1.75 bits per heavy atom. The molecule has 0 aliphatic carbocycles. The van der Waals surface area contributed by atoms with E-state index in [0.717, 1.165) is 0 Å². The largest absolute Gasteiger partial charge is 0.790 e. The van der Waals surface area contributed by atoms with E-state index < -0.39 is 53.0 Å². The van der Waals surface area contributed by atoms with Gasteiger partial charge in [0.15, 0.2) is 0 Å². The molecule has 14 heteroatoms. The monoisotopic (exact) mass is 337 g/mol. The Morgan fingerprint density at radius 3 is 2.20 bits per heavy atom. The van der Waals surface area contributed by atoms with Gasteiger partial charge in [-0.05, 0) is 0 Å². The quantitative estimate of drug-likeness (QED) is 0.336. The molecule has 1 saturated heterocycles. The van der Waals surface area contributed by atoms with Crippen molar-refractivity contribution in [1.82, 2.24) is 0 Å². The fourth-order valence-corrected chi connectivity index (χ4v) is 2.14. The minimum atomic E-state index is -5.37. The third kappa shape index (κ3) is 5.11. The summed E-state index contributed by atoms with van der Waals surface area (Å²) in [4.78, 5) is 39.2. The zero-order valence-corrected chi connectivity index (χ0v) is 11.4. The lowest BCUT2D eigenvalue weighted by atomic mass is 10.1. The Labute approximate surface area is 112 Å². The van der Waals surface area contributed by atoms with Crippen molar-refractivity contribution < 1.29 is 57.8 Å². The highest BCUT2D eigenvalue weighted by Crippen LogP contribution is 2.37. The highest BCUT2D eigenvalue weighted by Gasteiger charge is 2.54. The second kappa shape index (κ2) is 6.05. The summed E-state index contributed by atoms with van der Waals surface area (Å²) in [6.45, 7) is -2.29. The molecule has 1 aliphatic rings. The van der Waals surface area contributed by atoms with E-state index in [-0.39, 0.29) is 0 Å². The van der Waals surface area contributed by atoms with Crippen molar-refractivity contribution in [2.24, 2.45) is 0 Å². The van der Waals surface area contributed by atoms with Crippen LogP contribution in [-0.4, -0.2) is 57.5 Å². The minimum Gasteiger partial charge on any atom is -0.790 e. The van der Waals surface area contributed by atoms with Gasteiger partial charge in [0.05, 0.1) is 14.4 Å². The number of phosphoric ester groups is 2. The first-order valence-corrected chi connectivity index (χ1v) is 7.91. The van der Waals surface area contributed by atoms with Crippen LogP contribution in [0.25, 0.3) is 0 Å². The Hall–Kier alpha value is 0.0600. The molecule has 1 aliphatic heterocycles. The molecule has 0 spiro atoms. The molecule has 1 unspecified atom stereocenters. The van der Waals surface area contributed by atoms with E-state index in [2.05, 4.69) is 13.8 Å². The first-order chi connectivity index (χ1) is 8.84. The highest BCUT2D eigenvalue weighted by molar-refractivity contribution is 7.44. The maximum atomic E-state index is 10.4. The summed E-state index contributed by atoms with van der Waals surface area (Å²) in [7, 11) is -10.6. The zero-order valence-electron chi connectivity index (χ0n) is 9.60. The van der Waals surface area contributed by atoms with Gasteiger partial charge in [-0.15, -0.1) is 0 Å². The fourth-order valence-electron chi connectivity index (χ4n) is 1.46. The van der Waals surface area contributed by atoms with Crippen LogP contribution in [0.3, 0.4) is 0 Å². The summed E-state index contributed by atoms with van der Waals surface area (Å²) in [5, 5.41) is 28.6. The predicted octanol–water partition coefficient (Wildman–Crippen LogP) is -4.88. The molecule has 0 bridgehead atoms. The van der Waals surface area contributed by atoms with Gasteiger partial charge in [0.25, 0.3) is 7.82 Å². The number of ether oxygens (including phenoxy) is 1. The molecule has 1 fully saturated rings. The summed E-state index contributed by atoms with van der Waals surface area (Å²) in [6, 6.07) is 0. The molecule has 0 aromatic carbocycles. The molecule has 0 aromatic rings. The highest BCUT2D eigenvalue weighted by atomic mass is 31.2. The molecule has 20 heavy (non-hydrogen) atoms. The smallest absolute Gasteiger partial charge is 0.265 e. The van der Waals surface area contributed by atoms with Crippen LogP contribution in [0.1, 0.15) is 0 Å². The molecule has 0 aromatic heterocycles. The lowest BCUT2D eigenvalue weighted by molar-refractivity contribution is -0.344. The topological polar surface area (TPSA) is 212 Å². The third-order valence-corrected chi connectivity index (χ3v) is 3.27. The van der Waals surface area contributed by atoms with Crippen LogP contribution >= 0.6 is 15.6 Å². The second-order valence-electron chi connectivity index (χ2n) is 3.92. The van der Waals surface area contributed by atoms with E-state index in [9.17, 15) is 39.1 Å². The molecule has 0 radical (unpaired) electrons. The van der Waals surface area contributed by atoms with E-state index in [1.165, 1.54) is 0 Å². The molecule has 1 heterocycles. The van der Waals surface area contributed by atoms with Crippen LogP contribution in [0.2, 0.25) is 0 Å². The number of phosphoric acid groups is 2. The SMILES string of the molecule is O=P([O-])([O-])OC[C@H]1O[C@](O)(COP(=O)([O-])O)[C@@H](O)[C@@H]1O. The van der Waals surface area contributed by atoms with Crippen LogP contribution in [0.5, 0.6) is 0 Å².